The first-order valence-corrected chi connectivity index (χ1v) is 6.65. The van der Waals surface area contributed by atoms with Crippen molar-refractivity contribution < 1.29 is 4.79 Å². The Balaban J connectivity index is 2.09. The molecule has 2 aromatic carbocycles. The number of hydrogen-bond acceptors (Lipinski definition) is 3. The van der Waals surface area contributed by atoms with E-state index in [1.165, 1.54) is 6.08 Å². The summed E-state index contributed by atoms with van der Waals surface area (Å²) in [6, 6.07) is 14.9. The van der Waals surface area contributed by atoms with Crippen molar-refractivity contribution in [2.45, 2.75) is 13.8 Å². The van der Waals surface area contributed by atoms with E-state index in [1.54, 1.807) is 24.4 Å². The molecule has 21 heavy (non-hydrogen) atoms. The molecule has 0 unspecified atom stereocenters. The number of allylic oxidation sites excluding steroid dienone is 1. The Hall–Kier alpha value is -2.86. The fourth-order valence-corrected chi connectivity index (χ4v) is 1.90. The van der Waals surface area contributed by atoms with Crippen LogP contribution in [-0.4, -0.2) is 5.78 Å². The van der Waals surface area contributed by atoms with Crippen molar-refractivity contribution >= 4 is 11.5 Å². The normalized spacial score (nSPS) is 10.3. The molecular formula is C18H16N2O. The Labute approximate surface area is 124 Å². The van der Waals surface area contributed by atoms with Crippen molar-refractivity contribution in [3.8, 4) is 6.07 Å². The first-order valence-electron chi connectivity index (χ1n) is 6.65. The van der Waals surface area contributed by atoms with E-state index >= 15 is 0 Å². The topological polar surface area (TPSA) is 52.9 Å². The second kappa shape index (κ2) is 6.53. The van der Waals surface area contributed by atoms with E-state index in [0.717, 1.165) is 11.1 Å². The Morgan fingerprint density at radius 1 is 1.14 bits per heavy atom. The molecule has 0 aliphatic heterocycles. The highest BCUT2D eigenvalue weighted by atomic mass is 16.1. The Kier molecular flexibility index (Phi) is 4.53. The van der Waals surface area contributed by atoms with E-state index in [9.17, 15) is 4.79 Å². The number of anilines is 1. The van der Waals surface area contributed by atoms with Gasteiger partial charge in [-0.2, -0.15) is 5.26 Å². The molecule has 0 spiro atoms. The molecule has 0 atom stereocenters. The summed E-state index contributed by atoms with van der Waals surface area (Å²) in [6.45, 7) is 4.00. The standard InChI is InChI=1S/C18H16N2O/c1-13-7-8-15(11-14(13)2)18(21)9-10-20-17-6-4-3-5-16(17)12-19/h3-11,20H,1-2H3. The van der Waals surface area contributed by atoms with Gasteiger partial charge in [-0.05, 0) is 43.2 Å². The van der Waals surface area contributed by atoms with Gasteiger partial charge in [0.2, 0.25) is 0 Å². The Morgan fingerprint density at radius 2 is 1.90 bits per heavy atom. The molecule has 3 nitrogen and oxygen atoms in total. The maximum absolute atomic E-state index is 12.1. The van der Waals surface area contributed by atoms with E-state index in [0.29, 0.717) is 16.8 Å². The minimum absolute atomic E-state index is 0.0694. The molecule has 0 amide bonds. The molecule has 2 aromatic rings. The highest BCUT2D eigenvalue weighted by molar-refractivity contribution is 6.04. The van der Waals surface area contributed by atoms with Crippen molar-refractivity contribution in [3.63, 3.8) is 0 Å². The molecule has 0 saturated heterocycles. The van der Waals surface area contributed by atoms with Crippen LogP contribution in [-0.2, 0) is 0 Å². The van der Waals surface area contributed by atoms with Crippen LogP contribution in [0.3, 0.4) is 0 Å². The van der Waals surface area contributed by atoms with Crippen LogP contribution >= 0.6 is 0 Å². The lowest BCUT2D eigenvalue weighted by atomic mass is 10.0. The zero-order valence-corrected chi connectivity index (χ0v) is 12.1. The number of para-hydroxylation sites is 1. The number of ketones is 1. The maximum Gasteiger partial charge on any atom is 0.187 e. The van der Waals surface area contributed by atoms with Crippen LogP contribution in [0, 0.1) is 25.2 Å². The third kappa shape index (κ3) is 3.58. The van der Waals surface area contributed by atoms with Gasteiger partial charge < -0.3 is 5.32 Å². The predicted molar refractivity (Wildman–Crippen MR) is 84.2 cm³/mol. The van der Waals surface area contributed by atoms with Gasteiger partial charge in [-0.1, -0.05) is 24.3 Å². The summed E-state index contributed by atoms with van der Waals surface area (Å²) >= 11 is 0. The summed E-state index contributed by atoms with van der Waals surface area (Å²) < 4.78 is 0. The van der Waals surface area contributed by atoms with Crippen molar-refractivity contribution in [2.24, 2.45) is 0 Å². The van der Waals surface area contributed by atoms with Crippen LogP contribution in [0.25, 0.3) is 0 Å². The molecule has 2 rings (SSSR count). The second-order valence-electron chi connectivity index (χ2n) is 4.80. The van der Waals surface area contributed by atoms with Crippen LogP contribution < -0.4 is 5.32 Å². The van der Waals surface area contributed by atoms with E-state index in [-0.39, 0.29) is 5.78 Å². The number of rotatable bonds is 4. The number of carbonyl (C=O) groups is 1. The molecule has 0 aliphatic carbocycles. The number of hydrogen-bond donors (Lipinski definition) is 1. The smallest absolute Gasteiger partial charge is 0.187 e. The second-order valence-corrected chi connectivity index (χ2v) is 4.80. The number of benzene rings is 2. The first-order chi connectivity index (χ1) is 10.1. The lowest BCUT2D eigenvalue weighted by Gasteiger charge is -2.03. The lowest BCUT2D eigenvalue weighted by Crippen LogP contribution is -1.98. The van der Waals surface area contributed by atoms with Crippen LogP contribution in [0.2, 0.25) is 0 Å². The zero-order chi connectivity index (χ0) is 15.2. The average molecular weight is 276 g/mol. The molecule has 104 valence electrons. The largest absolute Gasteiger partial charge is 0.360 e. The Bertz CT molecular complexity index is 739. The van der Waals surface area contributed by atoms with Gasteiger partial charge in [0.25, 0.3) is 0 Å². The van der Waals surface area contributed by atoms with Crippen LogP contribution in [0.1, 0.15) is 27.0 Å². The van der Waals surface area contributed by atoms with Gasteiger partial charge in [0.05, 0.1) is 11.3 Å². The molecule has 0 aliphatic rings. The zero-order valence-electron chi connectivity index (χ0n) is 12.1. The van der Waals surface area contributed by atoms with E-state index in [4.69, 9.17) is 5.26 Å². The minimum atomic E-state index is -0.0694. The van der Waals surface area contributed by atoms with Gasteiger partial charge in [-0.15, -0.1) is 0 Å². The monoisotopic (exact) mass is 276 g/mol. The molecule has 0 aromatic heterocycles. The van der Waals surface area contributed by atoms with Gasteiger partial charge in [0.1, 0.15) is 6.07 Å². The minimum Gasteiger partial charge on any atom is -0.360 e. The number of aryl methyl sites for hydroxylation is 2. The molecule has 0 heterocycles. The van der Waals surface area contributed by atoms with Gasteiger partial charge in [-0.25, -0.2) is 0 Å². The quantitative estimate of drug-likeness (QED) is 0.678. The predicted octanol–water partition coefficient (Wildman–Crippen LogP) is 3.98. The summed E-state index contributed by atoms with van der Waals surface area (Å²) in [4.78, 5) is 12.1. The van der Waals surface area contributed by atoms with Crippen molar-refractivity contribution in [2.75, 3.05) is 5.32 Å². The van der Waals surface area contributed by atoms with Crippen LogP contribution in [0.15, 0.2) is 54.7 Å². The third-order valence-electron chi connectivity index (χ3n) is 3.31. The fourth-order valence-electron chi connectivity index (χ4n) is 1.90. The lowest BCUT2D eigenvalue weighted by molar-refractivity contribution is 0.104. The van der Waals surface area contributed by atoms with Crippen LogP contribution in [0.4, 0.5) is 5.69 Å². The van der Waals surface area contributed by atoms with Crippen molar-refractivity contribution in [3.05, 3.63) is 77.0 Å². The van der Waals surface area contributed by atoms with E-state index in [1.807, 2.05) is 38.1 Å². The summed E-state index contributed by atoms with van der Waals surface area (Å²) in [7, 11) is 0. The summed E-state index contributed by atoms with van der Waals surface area (Å²) in [6.07, 6.45) is 3.03. The molecule has 3 heteroatoms. The van der Waals surface area contributed by atoms with Gasteiger partial charge >= 0.3 is 0 Å². The average Bonchev–Trinajstić information content (AvgIpc) is 2.50. The van der Waals surface area contributed by atoms with Crippen molar-refractivity contribution in [1.29, 1.82) is 5.26 Å². The molecule has 0 fully saturated rings. The number of nitrogens with zero attached hydrogens (tertiary/aromatic N) is 1. The molecular weight excluding hydrogens is 260 g/mol. The third-order valence-corrected chi connectivity index (χ3v) is 3.31. The van der Waals surface area contributed by atoms with Crippen molar-refractivity contribution in [1.82, 2.24) is 0 Å². The summed E-state index contributed by atoms with van der Waals surface area (Å²) in [5.41, 5.74) is 4.14. The molecule has 0 radical (unpaired) electrons. The fraction of sp³-hybridized carbons (Fsp3) is 0.111. The number of nitriles is 1. The highest BCUT2D eigenvalue weighted by Gasteiger charge is 2.03. The van der Waals surface area contributed by atoms with Gasteiger partial charge in [0.15, 0.2) is 5.78 Å². The summed E-state index contributed by atoms with van der Waals surface area (Å²) in [5.74, 6) is -0.0694. The first kappa shape index (κ1) is 14.5. The van der Waals surface area contributed by atoms with Gasteiger partial charge in [0, 0.05) is 17.8 Å². The Morgan fingerprint density at radius 3 is 2.62 bits per heavy atom. The molecule has 0 bridgehead atoms. The SMILES string of the molecule is Cc1ccc(C(=O)C=CNc2ccccc2C#N)cc1C. The van der Waals surface area contributed by atoms with Crippen LogP contribution in [0.5, 0.6) is 0 Å². The number of carbonyl (C=O) groups excluding carboxylic acids is 1. The maximum atomic E-state index is 12.1. The van der Waals surface area contributed by atoms with E-state index in [2.05, 4.69) is 11.4 Å². The molecule has 0 saturated carbocycles. The highest BCUT2D eigenvalue weighted by Crippen LogP contribution is 2.14. The van der Waals surface area contributed by atoms with Gasteiger partial charge in [-0.3, -0.25) is 4.79 Å². The van der Waals surface area contributed by atoms with E-state index < -0.39 is 0 Å². The molecule has 1 N–H and O–H groups in total. The summed E-state index contributed by atoms with van der Waals surface area (Å²) in [5, 5.41) is 11.9. The number of nitrogens with one attached hydrogen (secondary N) is 1.